The molecule has 66 valence electrons. The topological polar surface area (TPSA) is 17.3 Å². The summed E-state index contributed by atoms with van der Waals surface area (Å²) in [6.45, 7) is 0. The van der Waals surface area contributed by atoms with Gasteiger partial charge in [0.25, 0.3) is 0 Å². The largest absolute Gasteiger partial charge is 0.248 e. The van der Waals surface area contributed by atoms with Gasteiger partial charge < -0.3 is 0 Å². The van der Waals surface area contributed by atoms with Crippen molar-refractivity contribution in [2.24, 2.45) is 5.10 Å². The third kappa shape index (κ3) is 1.99. The van der Waals surface area contributed by atoms with Crippen LogP contribution in [0, 0.1) is 0 Å². The minimum Gasteiger partial charge on any atom is -0.248 e. The molecule has 2 aromatic heterocycles. The predicted octanol–water partition coefficient (Wildman–Crippen LogP) is 3.09. The standard InChI is InChI=1S/C9H7ClN2S/c10-8-3-6-13-9(8)7-11-12-4-1-2-5-12/h1-7H/b11-7+. The van der Waals surface area contributed by atoms with Gasteiger partial charge in [0, 0.05) is 12.4 Å². The Morgan fingerprint density at radius 3 is 2.77 bits per heavy atom. The average Bonchev–Trinajstić information content (AvgIpc) is 2.72. The number of hydrogen-bond acceptors (Lipinski definition) is 2. The zero-order chi connectivity index (χ0) is 9.10. The summed E-state index contributed by atoms with van der Waals surface area (Å²) in [5.41, 5.74) is 0. The second-order valence-electron chi connectivity index (χ2n) is 2.44. The van der Waals surface area contributed by atoms with Crippen LogP contribution in [0.3, 0.4) is 0 Å². The smallest absolute Gasteiger partial charge is 0.0666 e. The van der Waals surface area contributed by atoms with Gasteiger partial charge in [0.2, 0.25) is 0 Å². The van der Waals surface area contributed by atoms with Crippen LogP contribution in [-0.2, 0) is 0 Å². The van der Waals surface area contributed by atoms with Crippen molar-refractivity contribution >= 4 is 29.2 Å². The van der Waals surface area contributed by atoms with Crippen molar-refractivity contribution in [3.05, 3.63) is 45.9 Å². The third-order valence-electron chi connectivity index (χ3n) is 1.54. The summed E-state index contributed by atoms with van der Waals surface area (Å²) in [6.07, 6.45) is 5.50. The van der Waals surface area contributed by atoms with E-state index in [9.17, 15) is 0 Å². The zero-order valence-electron chi connectivity index (χ0n) is 6.72. The summed E-state index contributed by atoms with van der Waals surface area (Å²) in [6, 6.07) is 5.71. The highest BCUT2D eigenvalue weighted by molar-refractivity contribution is 7.12. The molecule has 0 saturated carbocycles. The van der Waals surface area contributed by atoms with E-state index in [1.165, 1.54) is 0 Å². The molecule has 0 unspecified atom stereocenters. The van der Waals surface area contributed by atoms with Crippen molar-refractivity contribution in [1.29, 1.82) is 0 Å². The van der Waals surface area contributed by atoms with Crippen molar-refractivity contribution in [3.63, 3.8) is 0 Å². The molecule has 13 heavy (non-hydrogen) atoms. The SMILES string of the molecule is Clc1ccsc1/C=N/n1cccc1. The molecule has 2 heterocycles. The lowest BCUT2D eigenvalue weighted by atomic mass is 10.5. The van der Waals surface area contributed by atoms with Crippen molar-refractivity contribution < 1.29 is 0 Å². The van der Waals surface area contributed by atoms with E-state index in [-0.39, 0.29) is 0 Å². The molecule has 0 fully saturated rings. The lowest BCUT2D eigenvalue weighted by Gasteiger charge is -1.90. The van der Waals surface area contributed by atoms with Gasteiger partial charge in [-0.2, -0.15) is 5.10 Å². The van der Waals surface area contributed by atoms with Crippen LogP contribution in [0.15, 0.2) is 41.1 Å². The maximum absolute atomic E-state index is 5.89. The molecule has 0 aliphatic carbocycles. The van der Waals surface area contributed by atoms with Gasteiger partial charge >= 0.3 is 0 Å². The number of hydrogen-bond donors (Lipinski definition) is 0. The Labute approximate surface area is 85.1 Å². The first-order valence-corrected chi connectivity index (χ1v) is 5.02. The Morgan fingerprint density at radius 2 is 2.15 bits per heavy atom. The number of aromatic nitrogens is 1. The van der Waals surface area contributed by atoms with E-state index in [1.807, 2.05) is 36.0 Å². The molecule has 4 heteroatoms. The van der Waals surface area contributed by atoms with E-state index in [0.29, 0.717) is 0 Å². The number of rotatable bonds is 2. The maximum Gasteiger partial charge on any atom is 0.0666 e. The Morgan fingerprint density at radius 1 is 1.38 bits per heavy atom. The summed E-state index contributed by atoms with van der Waals surface area (Å²) in [7, 11) is 0. The van der Waals surface area contributed by atoms with Gasteiger partial charge in [0.1, 0.15) is 0 Å². The van der Waals surface area contributed by atoms with Crippen LogP contribution in [0.4, 0.5) is 0 Å². The highest BCUT2D eigenvalue weighted by Gasteiger charge is 1.96. The van der Waals surface area contributed by atoms with E-state index < -0.39 is 0 Å². The van der Waals surface area contributed by atoms with Crippen molar-refractivity contribution in [2.45, 2.75) is 0 Å². The summed E-state index contributed by atoms with van der Waals surface area (Å²) in [5, 5.41) is 6.88. The first-order valence-electron chi connectivity index (χ1n) is 3.76. The quantitative estimate of drug-likeness (QED) is 0.678. The van der Waals surface area contributed by atoms with Crippen LogP contribution in [0.5, 0.6) is 0 Å². The minimum atomic E-state index is 0.751. The fourth-order valence-corrected chi connectivity index (χ4v) is 1.88. The molecule has 2 rings (SSSR count). The molecule has 0 aliphatic heterocycles. The van der Waals surface area contributed by atoms with Gasteiger partial charge in [-0.15, -0.1) is 11.3 Å². The summed E-state index contributed by atoms with van der Waals surface area (Å²) in [4.78, 5) is 0.982. The molecular weight excluding hydrogens is 204 g/mol. The number of nitrogens with zero attached hydrogens (tertiary/aromatic N) is 2. The normalized spacial score (nSPS) is 11.2. The molecule has 0 aliphatic rings. The monoisotopic (exact) mass is 210 g/mol. The Hall–Kier alpha value is -1.06. The van der Waals surface area contributed by atoms with Crippen LogP contribution >= 0.6 is 22.9 Å². The van der Waals surface area contributed by atoms with Crippen molar-refractivity contribution in [1.82, 2.24) is 4.68 Å². The second-order valence-corrected chi connectivity index (χ2v) is 3.80. The van der Waals surface area contributed by atoms with Gasteiger partial charge in [-0.05, 0) is 23.6 Å². The van der Waals surface area contributed by atoms with Crippen LogP contribution in [-0.4, -0.2) is 10.9 Å². The number of halogens is 1. The molecule has 0 aromatic carbocycles. The second kappa shape index (κ2) is 3.77. The predicted molar refractivity (Wildman–Crippen MR) is 56.8 cm³/mol. The van der Waals surface area contributed by atoms with Gasteiger partial charge in [-0.25, -0.2) is 4.68 Å². The molecule has 0 atom stereocenters. The average molecular weight is 211 g/mol. The molecule has 2 nitrogen and oxygen atoms in total. The zero-order valence-corrected chi connectivity index (χ0v) is 8.29. The highest BCUT2D eigenvalue weighted by atomic mass is 35.5. The highest BCUT2D eigenvalue weighted by Crippen LogP contribution is 2.19. The maximum atomic E-state index is 5.89. The minimum absolute atomic E-state index is 0.751. The Bertz CT molecular complexity index is 403. The van der Waals surface area contributed by atoms with E-state index in [4.69, 9.17) is 11.6 Å². The van der Waals surface area contributed by atoms with E-state index in [0.717, 1.165) is 9.90 Å². The van der Waals surface area contributed by atoms with Crippen LogP contribution in [0.25, 0.3) is 0 Å². The molecule has 0 N–H and O–H groups in total. The third-order valence-corrected chi connectivity index (χ3v) is 2.83. The summed E-state index contributed by atoms with van der Waals surface area (Å²) >= 11 is 7.47. The Kier molecular flexibility index (Phi) is 2.47. The van der Waals surface area contributed by atoms with Gasteiger partial charge in [-0.3, -0.25) is 0 Å². The summed E-state index contributed by atoms with van der Waals surface area (Å²) < 4.78 is 1.73. The van der Waals surface area contributed by atoms with Gasteiger partial charge in [-0.1, -0.05) is 11.6 Å². The van der Waals surface area contributed by atoms with Crippen molar-refractivity contribution in [2.75, 3.05) is 0 Å². The van der Waals surface area contributed by atoms with Crippen LogP contribution in [0.2, 0.25) is 5.02 Å². The van der Waals surface area contributed by atoms with E-state index in [2.05, 4.69) is 5.10 Å². The van der Waals surface area contributed by atoms with Crippen LogP contribution < -0.4 is 0 Å². The molecule has 2 aromatic rings. The molecule has 0 spiro atoms. The van der Waals surface area contributed by atoms with Gasteiger partial charge in [0.15, 0.2) is 0 Å². The first kappa shape index (κ1) is 8.53. The van der Waals surface area contributed by atoms with Crippen LogP contribution in [0.1, 0.15) is 4.88 Å². The van der Waals surface area contributed by atoms with E-state index in [1.54, 1.807) is 22.2 Å². The Balaban J connectivity index is 2.19. The lowest BCUT2D eigenvalue weighted by molar-refractivity contribution is 0.895. The van der Waals surface area contributed by atoms with Gasteiger partial charge in [0.05, 0.1) is 16.1 Å². The fraction of sp³-hybridized carbons (Fsp3) is 0. The molecule has 0 amide bonds. The number of thiophene rings is 1. The molecular formula is C9H7ClN2S. The lowest BCUT2D eigenvalue weighted by Crippen LogP contribution is -1.83. The first-order chi connectivity index (χ1) is 6.36. The molecule has 0 saturated heterocycles. The summed E-state index contributed by atoms with van der Waals surface area (Å²) in [5.74, 6) is 0. The fourth-order valence-electron chi connectivity index (χ4n) is 0.919. The molecule has 0 radical (unpaired) electrons. The van der Waals surface area contributed by atoms with Crippen molar-refractivity contribution in [3.8, 4) is 0 Å². The van der Waals surface area contributed by atoms with E-state index >= 15 is 0 Å². The molecule has 0 bridgehead atoms.